The zero-order chi connectivity index (χ0) is 28.4. The number of aryl methyl sites for hydroxylation is 3. The summed E-state index contributed by atoms with van der Waals surface area (Å²) in [5.41, 5.74) is 6.40. The van der Waals surface area contributed by atoms with Crippen LogP contribution in [-0.2, 0) is 19.6 Å². The fourth-order valence-electron chi connectivity index (χ4n) is 5.14. The number of nitrogens with zero attached hydrogens (tertiary/aromatic N) is 2. The van der Waals surface area contributed by atoms with Gasteiger partial charge in [0.15, 0.2) is 0 Å². The second-order valence-corrected chi connectivity index (χ2v) is 10.5. The number of nitrogens with one attached hydrogen (secondary N) is 1. The van der Waals surface area contributed by atoms with E-state index >= 15 is 0 Å². The zero-order valence-corrected chi connectivity index (χ0v) is 23.5. The van der Waals surface area contributed by atoms with Gasteiger partial charge in [-0.15, -0.1) is 0 Å². The molecule has 0 saturated carbocycles. The molecule has 1 aromatic heterocycles. The predicted octanol–water partition coefficient (Wildman–Crippen LogP) is 5.77. The third-order valence-electron chi connectivity index (χ3n) is 7.24. The highest BCUT2D eigenvalue weighted by Crippen LogP contribution is 2.19. The number of rotatable bonds is 7. The minimum absolute atomic E-state index is 0.0931. The lowest BCUT2D eigenvalue weighted by molar-refractivity contribution is 0.0951. The fraction of sp³-hybridized carbons (Fsp3) is 0.182. The second kappa shape index (κ2) is 11.4. The molecule has 1 N–H and O–H groups in total. The van der Waals surface area contributed by atoms with Crippen molar-refractivity contribution in [1.82, 2.24) is 14.5 Å². The van der Waals surface area contributed by atoms with E-state index in [1.807, 2.05) is 44.2 Å². The van der Waals surface area contributed by atoms with Gasteiger partial charge in [-0.1, -0.05) is 71.8 Å². The number of benzene rings is 4. The molecule has 0 aliphatic rings. The average Bonchev–Trinajstić information content (AvgIpc) is 2.94. The summed E-state index contributed by atoms with van der Waals surface area (Å²) in [4.78, 5) is 39.9. The molecule has 0 aliphatic carbocycles. The zero-order valence-electron chi connectivity index (χ0n) is 22.7. The van der Waals surface area contributed by atoms with Crippen molar-refractivity contribution in [2.45, 2.75) is 40.4 Å². The lowest BCUT2D eigenvalue weighted by Crippen LogP contribution is -2.40. The highest BCUT2D eigenvalue weighted by molar-refractivity contribution is 6.31. The van der Waals surface area contributed by atoms with Crippen LogP contribution in [0.25, 0.3) is 10.9 Å². The van der Waals surface area contributed by atoms with Crippen LogP contribution in [0.3, 0.4) is 0 Å². The van der Waals surface area contributed by atoms with E-state index in [1.165, 1.54) is 10.1 Å². The highest BCUT2D eigenvalue weighted by atomic mass is 35.5. The first-order valence-corrected chi connectivity index (χ1v) is 13.5. The number of halogens is 1. The van der Waals surface area contributed by atoms with Gasteiger partial charge in [0.05, 0.1) is 24.0 Å². The molecule has 0 spiro atoms. The van der Waals surface area contributed by atoms with Gasteiger partial charge in [-0.3, -0.25) is 18.7 Å². The average molecular weight is 552 g/mol. The van der Waals surface area contributed by atoms with Crippen LogP contribution in [0.15, 0.2) is 94.5 Å². The second-order valence-electron chi connectivity index (χ2n) is 10.1. The Morgan fingerprint density at radius 2 is 1.45 bits per heavy atom. The third-order valence-corrected chi connectivity index (χ3v) is 7.61. The van der Waals surface area contributed by atoms with E-state index in [9.17, 15) is 14.4 Å². The van der Waals surface area contributed by atoms with Crippen LogP contribution in [0.1, 0.15) is 43.7 Å². The molecule has 4 aromatic carbocycles. The fourth-order valence-corrected chi connectivity index (χ4v) is 5.35. The van der Waals surface area contributed by atoms with Crippen molar-refractivity contribution in [3.05, 3.63) is 150 Å². The molecule has 0 saturated heterocycles. The Kier molecular flexibility index (Phi) is 7.71. The molecule has 7 heteroatoms. The monoisotopic (exact) mass is 551 g/mol. The molecule has 1 heterocycles. The number of hydrogen-bond acceptors (Lipinski definition) is 3. The summed E-state index contributed by atoms with van der Waals surface area (Å²) in [7, 11) is 0. The Balaban J connectivity index is 1.44. The van der Waals surface area contributed by atoms with Gasteiger partial charge in [-0.2, -0.15) is 0 Å². The lowest BCUT2D eigenvalue weighted by Gasteiger charge is -2.17. The molecule has 0 fully saturated rings. The van der Waals surface area contributed by atoms with Crippen molar-refractivity contribution < 1.29 is 4.79 Å². The maximum atomic E-state index is 13.8. The number of aromatic nitrogens is 2. The molecule has 5 rings (SSSR count). The first-order chi connectivity index (χ1) is 19.2. The molecule has 0 radical (unpaired) electrons. The first-order valence-electron chi connectivity index (χ1n) is 13.1. The largest absolute Gasteiger partial charge is 0.348 e. The summed E-state index contributed by atoms with van der Waals surface area (Å²) in [5.74, 6) is -0.236. The maximum absolute atomic E-state index is 13.8. The van der Waals surface area contributed by atoms with E-state index in [4.69, 9.17) is 11.6 Å². The first kappa shape index (κ1) is 27.2. The van der Waals surface area contributed by atoms with Crippen LogP contribution in [-0.4, -0.2) is 15.0 Å². The highest BCUT2D eigenvalue weighted by Gasteiger charge is 2.16. The SMILES string of the molecule is Cc1cc(C)c(Cn2c(=O)n(Cc3ccc(C(=O)NCc4ccccc4Cl)cc3)c(=O)c3ccccc32)c(C)c1. The van der Waals surface area contributed by atoms with E-state index in [2.05, 4.69) is 24.4 Å². The topological polar surface area (TPSA) is 73.1 Å². The Labute approximate surface area is 237 Å². The summed E-state index contributed by atoms with van der Waals surface area (Å²) in [6, 6.07) is 25.7. The summed E-state index contributed by atoms with van der Waals surface area (Å²) < 4.78 is 2.95. The number of hydrogen-bond donors (Lipinski definition) is 1. The van der Waals surface area contributed by atoms with Gasteiger partial charge >= 0.3 is 5.69 Å². The van der Waals surface area contributed by atoms with Gasteiger partial charge in [0, 0.05) is 17.1 Å². The molecule has 0 atom stereocenters. The summed E-state index contributed by atoms with van der Waals surface area (Å²) in [6.45, 7) is 6.92. The molecule has 0 bridgehead atoms. The Bertz CT molecular complexity index is 1830. The van der Waals surface area contributed by atoms with Crippen LogP contribution in [0, 0.1) is 20.8 Å². The standard InChI is InChI=1S/C33H30ClN3O3/c1-21-16-22(2)28(23(3)17-21)20-36-30-11-7-5-9-27(30)32(39)37(33(36)40)19-24-12-14-25(15-13-24)31(38)35-18-26-8-4-6-10-29(26)34/h4-17H,18-20H2,1-3H3,(H,35,38). The molecule has 0 unspecified atom stereocenters. The van der Waals surface area contributed by atoms with E-state index in [1.54, 1.807) is 47.0 Å². The number of carbonyl (C=O) groups is 1. The Morgan fingerprint density at radius 1 is 0.800 bits per heavy atom. The van der Waals surface area contributed by atoms with E-state index < -0.39 is 0 Å². The predicted molar refractivity (Wildman–Crippen MR) is 160 cm³/mol. The molecule has 5 aromatic rings. The van der Waals surface area contributed by atoms with Crippen molar-refractivity contribution in [2.24, 2.45) is 0 Å². The van der Waals surface area contributed by atoms with Gasteiger partial charge in [0.25, 0.3) is 11.5 Å². The summed E-state index contributed by atoms with van der Waals surface area (Å²) in [5, 5.41) is 3.96. The van der Waals surface area contributed by atoms with Crippen molar-refractivity contribution in [1.29, 1.82) is 0 Å². The van der Waals surface area contributed by atoms with Crippen LogP contribution in [0.2, 0.25) is 5.02 Å². The van der Waals surface area contributed by atoms with Gasteiger partial charge in [-0.25, -0.2) is 4.79 Å². The van der Waals surface area contributed by atoms with Gasteiger partial charge in [-0.05, 0) is 78.9 Å². The smallest absolute Gasteiger partial charge is 0.332 e. The third kappa shape index (κ3) is 5.49. The number of para-hydroxylation sites is 1. The number of fused-ring (bicyclic) bond motifs is 1. The van der Waals surface area contributed by atoms with E-state index in [-0.39, 0.29) is 23.7 Å². The normalized spacial score (nSPS) is 11.1. The van der Waals surface area contributed by atoms with E-state index in [0.29, 0.717) is 34.6 Å². The molecule has 1 amide bonds. The molecule has 40 heavy (non-hydrogen) atoms. The van der Waals surface area contributed by atoms with Crippen molar-refractivity contribution >= 4 is 28.4 Å². The summed E-state index contributed by atoms with van der Waals surface area (Å²) >= 11 is 6.18. The van der Waals surface area contributed by atoms with Crippen molar-refractivity contribution in [3.8, 4) is 0 Å². The van der Waals surface area contributed by atoms with Gasteiger partial charge in [0.1, 0.15) is 0 Å². The molecular formula is C33H30ClN3O3. The maximum Gasteiger partial charge on any atom is 0.332 e. The molecule has 202 valence electrons. The molecular weight excluding hydrogens is 522 g/mol. The quantitative estimate of drug-likeness (QED) is 0.279. The summed E-state index contributed by atoms with van der Waals surface area (Å²) in [6.07, 6.45) is 0. The minimum Gasteiger partial charge on any atom is -0.348 e. The Morgan fingerprint density at radius 3 is 2.15 bits per heavy atom. The van der Waals surface area contributed by atoms with Crippen LogP contribution < -0.4 is 16.6 Å². The lowest BCUT2D eigenvalue weighted by atomic mass is 9.99. The number of carbonyl (C=O) groups excluding carboxylic acids is 1. The Hall–Kier alpha value is -4.42. The van der Waals surface area contributed by atoms with Crippen LogP contribution in [0.5, 0.6) is 0 Å². The number of amides is 1. The van der Waals surface area contributed by atoms with Gasteiger partial charge < -0.3 is 5.32 Å². The van der Waals surface area contributed by atoms with Crippen molar-refractivity contribution in [3.63, 3.8) is 0 Å². The molecule has 6 nitrogen and oxygen atoms in total. The molecule has 0 aliphatic heterocycles. The van der Waals surface area contributed by atoms with E-state index in [0.717, 1.165) is 27.8 Å². The van der Waals surface area contributed by atoms with Crippen LogP contribution >= 0.6 is 11.6 Å². The van der Waals surface area contributed by atoms with Crippen LogP contribution in [0.4, 0.5) is 0 Å². The van der Waals surface area contributed by atoms with Crippen molar-refractivity contribution in [2.75, 3.05) is 0 Å². The van der Waals surface area contributed by atoms with Gasteiger partial charge in [0.2, 0.25) is 0 Å². The minimum atomic E-state index is -0.371.